The zero-order valence-corrected chi connectivity index (χ0v) is 18.2. The molecular weight excluding hydrogens is 480 g/mol. The Morgan fingerprint density at radius 2 is 2.08 bits per heavy atom. The number of halogens is 2. The number of amides is 1. The van der Waals surface area contributed by atoms with Crippen LogP contribution in [-0.4, -0.2) is 24.2 Å². The summed E-state index contributed by atoms with van der Waals surface area (Å²) in [5.41, 5.74) is 3.25. The largest absolute Gasteiger partial charge is 0.482 e. The zero-order valence-electron chi connectivity index (χ0n) is 14.2. The Kier molecular flexibility index (Phi) is 6.32. The van der Waals surface area contributed by atoms with Crippen LogP contribution in [0.1, 0.15) is 17.5 Å². The maximum Gasteiger partial charge on any atom is 0.264 e. The molecule has 4 nitrogen and oxygen atoms in total. The smallest absolute Gasteiger partial charge is 0.264 e. The number of benzene rings is 2. The molecule has 0 aromatic heterocycles. The van der Waals surface area contributed by atoms with Gasteiger partial charge in [0.15, 0.2) is 11.7 Å². The fourth-order valence-corrected chi connectivity index (χ4v) is 4.83. The van der Waals surface area contributed by atoms with E-state index in [0.717, 1.165) is 39.6 Å². The topological polar surface area (TPSA) is 41.6 Å². The van der Waals surface area contributed by atoms with Crippen molar-refractivity contribution < 1.29 is 9.53 Å². The van der Waals surface area contributed by atoms with Gasteiger partial charge in [0, 0.05) is 16.7 Å². The third kappa shape index (κ3) is 4.45. The molecular formula is C19H18Br2N2O2S. The molecule has 0 bridgehead atoms. The molecule has 2 aromatic rings. The number of anilines is 1. The third-order valence-corrected chi connectivity index (χ3v) is 5.51. The molecule has 3 rings (SSSR count). The van der Waals surface area contributed by atoms with Crippen molar-refractivity contribution in [2.45, 2.75) is 19.8 Å². The minimum absolute atomic E-state index is 0.100. The van der Waals surface area contributed by atoms with E-state index in [9.17, 15) is 4.79 Å². The van der Waals surface area contributed by atoms with Crippen LogP contribution in [0.2, 0.25) is 0 Å². The molecule has 1 N–H and O–H groups in total. The summed E-state index contributed by atoms with van der Waals surface area (Å²) < 4.78 is 7.43. The third-order valence-electron chi connectivity index (χ3n) is 4.14. The average Bonchev–Trinajstić information content (AvgIpc) is 2.60. The molecule has 0 spiro atoms. The molecule has 26 heavy (non-hydrogen) atoms. The number of carbonyl (C=O) groups is 1. The normalized spacial score (nSPS) is 13.1. The van der Waals surface area contributed by atoms with E-state index in [1.54, 1.807) is 0 Å². The summed E-state index contributed by atoms with van der Waals surface area (Å²) in [6.45, 7) is 2.63. The van der Waals surface area contributed by atoms with E-state index in [2.05, 4.69) is 43.2 Å². The molecule has 0 unspecified atom stereocenters. The van der Waals surface area contributed by atoms with Gasteiger partial charge in [-0.1, -0.05) is 34.1 Å². The predicted molar refractivity (Wildman–Crippen MR) is 115 cm³/mol. The predicted octanol–water partition coefficient (Wildman–Crippen LogP) is 4.75. The van der Waals surface area contributed by atoms with Crippen LogP contribution in [0.25, 0.3) is 0 Å². The van der Waals surface area contributed by atoms with Crippen LogP contribution < -0.4 is 15.0 Å². The van der Waals surface area contributed by atoms with Crippen molar-refractivity contribution in [1.82, 2.24) is 5.32 Å². The first-order valence-electron chi connectivity index (χ1n) is 8.23. The number of nitrogens with one attached hydrogen (secondary N) is 1. The fourth-order valence-electron chi connectivity index (χ4n) is 2.98. The van der Waals surface area contributed by atoms with Crippen molar-refractivity contribution in [3.63, 3.8) is 0 Å². The van der Waals surface area contributed by atoms with Crippen LogP contribution in [0.4, 0.5) is 5.69 Å². The first-order chi connectivity index (χ1) is 12.5. The standard InChI is InChI=1S/C19H18Br2N2O2S/c1-12-9-14(20)10-15(21)18(12)25-11-17(24)22-19(26)23-8-4-6-13-5-2-3-7-16(13)23/h2-3,5,7,9-10H,4,6,8,11H2,1H3,(H,22,24,26). The van der Waals surface area contributed by atoms with E-state index in [0.29, 0.717) is 10.9 Å². The summed E-state index contributed by atoms with van der Waals surface area (Å²) in [5.74, 6) is 0.379. The number of para-hydroxylation sites is 1. The Bertz CT molecular complexity index is 834. The van der Waals surface area contributed by atoms with Crippen LogP contribution in [0.5, 0.6) is 5.75 Å². The number of nitrogens with zero attached hydrogens (tertiary/aromatic N) is 1. The van der Waals surface area contributed by atoms with Crippen molar-refractivity contribution in [2.75, 3.05) is 18.1 Å². The fraction of sp³-hybridized carbons (Fsp3) is 0.263. The maximum absolute atomic E-state index is 12.3. The van der Waals surface area contributed by atoms with Crippen molar-refractivity contribution in [3.8, 4) is 5.75 Å². The highest BCUT2D eigenvalue weighted by Gasteiger charge is 2.21. The van der Waals surface area contributed by atoms with Crippen molar-refractivity contribution >= 4 is 60.8 Å². The van der Waals surface area contributed by atoms with E-state index < -0.39 is 0 Å². The van der Waals surface area contributed by atoms with E-state index in [1.165, 1.54) is 5.56 Å². The van der Waals surface area contributed by atoms with Gasteiger partial charge in [0.1, 0.15) is 5.75 Å². The molecule has 1 aliphatic rings. The van der Waals surface area contributed by atoms with Gasteiger partial charge in [-0.05, 0) is 77.2 Å². The first-order valence-corrected chi connectivity index (χ1v) is 10.2. The Morgan fingerprint density at radius 1 is 1.31 bits per heavy atom. The Hall–Kier alpha value is -1.44. The summed E-state index contributed by atoms with van der Waals surface area (Å²) in [7, 11) is 0. The lowest BCUT2D eigenvalue weighted by Crippen LogP contribution is -2.46. The van der Waals surface area contributed by atoms with Crippen LogP contribution in [0, 0.1) is 6.92 Å². The van der Waals surface area contributed by atoms with Gasteiger partial charge < -0.3 is 9.64 Å². The summed E-state index contributed by atoms with van der Waals surface area (Å²) in [4.78, 5) is 14.3. The molecule has 1 heterocycles. The van der Waals surface area contributed by atoms with E-state index in [4.69, 9.17) is 17.0 Å². The lowest BCUT2D eigenvalue weighted by Gasteiger charge is -2.31. The molecule has 0 saturated heterocycles. The number of fused-ring (bicyclic) bond motifs is 1. The maximum atomic E-state index is 12.3. The van der Waals surface area contributed by atoms with Gasteiger partial charge in [0.2, 0.25) is 0 Å². The highest BCUT2D eigenvalue weighted by atomic mass is 79.9. The molecule has 136 valence electrons. The number of carbonyl (C=O) groups excluding carboxylic acids is 1. The number of aryl methyl sites for hydroxylation is 2. The van der Waals surface area contributed by atoms with Gasteiger partial charge in [-0.3, -0.25) is 10.1 Å². The summed E-state index contributed by atoms with van der Waals surface area (Å²) in [5, 5.41) is 3.19. The molecule has 1 aliphatic heterocycles. The van der Waals surface area contributed by atoms with Crippen LogP contribution in [0.15, 0.2) is 45.3 Å². The molecule has 0 fully saturated rings. The summed E-state index contributed by atoms with van der Waals surface area (Å²) >= 11 is 12.3. The van der Waals surface area contributed by atoms with Gasteiger partial charge in [-0.15, -0.1) is 0 Å². The van der Waals surface area contributed by atoms with Gasteiger partial charge in [-0.25, -0.2) is 0 Å². The van der Waals surface area contributed by atoms with Crippen LogP contribution >= 0.6 is 44.1 Å². The Morgan fingerprint density at radius 3 is 2.85 bits per heavy atom. The van der Waals surface area contributed by atoms with E-state index in [-0.39, 0.29) is 12.5 Å². The minimum Gasteiger partial charge on any atom is -0.482 e. The highest BCUT2D eigenvalue weighted by Crippen LogP contribution is 2.32. The van der Waals surface area contributed by atoms with Gasteiger partial charge in [-0.2, -0.15) is 0 Å². The minimum atomic E-state index is -0.271. The number of hydrogen-bond donors (Lipinski definition) is 1. The summed E-state index contributed by atoms with van der Waals surface area (Å²) in [6.07, 6.45) is 2.04. The Labute approximate surface area is 175 Å². The monoisotopic (exact) mass is 496 g/mol. The molecule has 0 atom stereocenters. The molecule has 0 saturated carbocycles. The second kappa shape index (κ2) is 8.50. The molecule has 0 aliphatic carbocycles. The lowest BCUT2D eigenvalue weighted by molar-refractivity contribution is -0.121. The SMILES string of the molecule is Cc1cc(Br)cc(Br)c1OCC(=O)NC(=S)N1CCCc2ccccc21. The van der Waals surface area contributed by atoms with Gasteiger partial charge in [0.25, 0.3) is 5.91 Å². The van der Waals surface area contributed by atoms with Crippen molar-refractivity contribution in [2.24, 2.45) is 0 Å². The highest BCUT2D eigenvalue weighted by molar-refractivity contribution is 9.11. The molecule has 2 aromatic carbocycles. The Balaban J connectivity index is 1.62. The number of hydrogen-bond acceptors (Lipinski definition) is 3. The van der Waals surface area contributed by atoms with Crippen molar-refractivity contribution in [1.29, 1.82) is 0 Å². The van der Waals surface area contributed by atoms with Gasteiger partial charge >= 0.3 is 0 Å². The second-order valence-corrected chi connectivity index (χ2v) is 8.22. The number of rotatable bonds is 3. The quantitative estimate of drug-likeness (QED) is 0.621. The van der Waals surface area contributed by atoms with E-state index in [1.807, 2.05) is 42.2 Å². The zero-order chi connectivity index (χ0) is 18.7. The lowest BCUT2D eigenvalue weighted by atomic mass is 10.0. The van der Waals surface area contributed by atoms with Crippen molar-refractivity contribution in [3.05, 3.63) is 56.5 Å². The molecule has 1 amide bonds. The average molecular weight is 498 g/mol. The molecule has 7 heteroatoms. The first kappa shape index (κ1) is 19.3. The number of ether oxygens (including phenoxy) is 1. The second-order valence-electron chi connectivity index (χ2n) is 6.06. The number of thiocarbonyl (C=S) groups is 1. The molecule has 0 radical (unpaired) electrons. The van der Waals surface area contributed by atoms with Gasteiger partial charge in [0.05, 0.1) is 4.47 Å². The van der Waals surface area contributed by atoms with Crippen LogP contribution in [0.3, 0.4) is 0 Å². The van der Waals surface area contributed by atoms with E-state index >= 15 is 0 Å². The van der Waals surface area contributed by atoms with Crippen LogP contribution in [-0.2, 0) is 11.2 Å². The summed E-state index contributed by atoms with van der Waals surface area (Å²) in [6, 6.07) is 12.0.